The molecule has 2 rings (SSSR count). The van der Waals surface area contributed by atoms with Gasteiger partial charge < -0.3 is 9.97 Å². The second-order valence-corrected chi connectivity index (χ2v) is 3.76. The highest BCUT2D eigenvalue weighted by molar-refractivity contribution is 5.59. The molecule has 0 aliphatic carbocycles. The van der Waals surface area contributed by atoms with Crippen LogP contribution in [0.25, 0.3) is 12.7 Å². The van der Waals surface area contributed by atoms with Crippen molar-refractivity contribution in [2.45, 2.75) is 0 Å². The molecule has 7 heteroatoms. The topological polar surface area (TPSA) is 109 Å². The Kier molecular flexibility index (Phi) is 3.11. The van der Waals surface area contributed by atoms with Gasteiger partial charge in [-0.1, -0.05) is 18.7 Å². The molecule has 1 heterocycles. The minimum Gasteiger partial charge on any atom is -0.317 e. The van der Waals surface area contributed by atoms with Crippen LogP contribution >= 0.6 is 0 Å². The number of rotatable bonds is 2. The van der Waals surface area contributed by atoms with Crippen LogP contribution in [0.2, 0.25) is 0 Å². The first-order valence-corrected chi connectivity index (χ1v) is 5.26. The maximum Gasteiger partial charge on any atom is 0.276 e. The van der Waals surface area contributed by atoms with Crippen LogP contribution in [-0.2, 0) is 0 Å². The minimum absolute atomic E-state index is 0.0632. The Morgan fingerprint density at radius 1 is 1.16 bits per heavy atom. The van der Waals surface area contributed by atoms with E-state index in [1.807, 2.05) is 0 Å². The average molecular weight is 259 g/mol. The predicted octanol–water partition coefficient (Wildman–Crippen LogP) is -0.790. The number of H-pyrrole nitrogens is 2. The van der Waals surface area contributed by atoms with Crippen molar-refractivity contribution in [3.05, 3.63) is 71.3 Å². The summed E-state index contributed by atoms with van der Waals surface area (Å²) in [7, 11) is 0. The van der Waals surface area contributed by atoms with E-state index in [2.05, 4.69) is 16.5 Å². The molecule has 0 fully saturated rings. The number of benzene rings is 1. The van der Waals surface area contributed by atoms with Gasteiger partial charge in [0.15, 0.2) is 0 Å². The maximum atomic E-state index is 11.6. The Morgan fingerprint density at radius 2 is 1.84 bits per heavy atom. The number of para-hydroxylation sites is 1. The fraction of sp³-hybridized carbons (Fsp3) is 0. The van der Waals surface area contributed by atoms with Crippen molar-refractivity contribution in [2.75, 3.05) is 0 Å². The van der Waals surface area contributed by atoms with Crippen molar-refractivity contribution in [1.29, 1.82) is 0 Å². The van der Waals surface area contributed by atoms with Gasteiger partial charge in [0.1, 0.15) is 5.35 Å². The molecule has 1 aromatic heterocycles. The van der Waals surface area contributed by atoms with Gasteiger partial charge in [-0.15, -0.1) is 0 Å². The smallest absolute Gasteiger partial charge is 0.276 e. The van der Waals surface area contributed by atoms with E-state index in [9.17, 15) is 19.7 Å². The molecule has 19 heavy (non-hydrogen) atoms. The molecule has 0 bridgehead atoms. The lowest BCUT2D eigenvalue weighted by Crippen LogP contribution is -2.46. The summed E-state index contributed by atoms with van der Waals surface area (Å²) in [6, 6.07) is 5.91. The summed E-state index contributed by atoms with van der Waals surface area (Å²) >= 11 is 0. The zero-order valence-corrected chi connectivity index (χ0v) is 9.67. The molecule has 2 N–H and O–H groups in total. The molecular formula is C12H9N3O4. The standard InChI is InChI=1S/C12H9N3O4/c1-7-11(16)14-9(12(17)13-7)6-8-4-2-3-5-10(8)15(18)19/h2-6H,1H2,(H,13,17)(H,14,16). The van der Waals surface area contributed by atoms with E-state index in [4.69, 9.17) is 0 Å². The molecule has 96 valence electrons. The molecule has 0 saturated heterocycles. The van der Waals surface area contributed by atoms with Gasteiger partial charge in [-0.3, -0.25) is 19.7 Å². The second-order valence-electron chi connectivity index (χ2n) is 3.76. The van der Waals surface area contributed by atoms with Gasteiger partial charge in [-0.2, -0.15) is 0 Å². The molecule has 1 aromatic carbocycles. The molecule has 2 aromatic rings. The molecule has 0 saturated carbocycles. The van der Waals surface area contributed by atoms with Crippen molar-refractivity contribution in [3.8, 4) is 0 Å². The highest BCUT2D eigenvalue weighted by atomic mass is 16.6. The SMILES string of the molecule is C=c1[nH]c(=O)c(=Cc2ccccc2[N+](=O)[O-])[nH]c1=O. The Balaban J connectivity index is 2.76. The lowest BCUT2D eigenvalue weighted by molar-refractivity contribution is -0.385. The molecule has 0 aliphatic heterocycles. The minimum atomic E-state index is -0.567. The van der Waals surface area contributed by atoms with Crippen molar-refractivity contribution in [2.24, 2.45) is 0 Å². The molecule has 0 aliphatic rings. The fourth-order valence-corrected chi connectivity index (χ4v) is 1.55. The first-order valence-electron chi connectivity index (χ1n) is 5.26. The quantitative estimate of drug-likeness (QED) is 0.544. The number of nitro benzene ring substituents is 1. The highest BCUT2D eigenvalue weighted by Gasteiger charge is 2.10. The van der Waals surface area contributed by atoms with E-state index in [1.54, 1.807) is 6.07 Å². The number of hydrogen-bond donors (Lipinski definition) is 2. The molecule has 0 atom stereocenters. The summed E-state index contributed by atoms with van der Waals surface area (Å²) in [5.41, 5.74) is -1.04. The Hall–Kier alpha value is -2.96. The van der Waals surface area contributed by atoms with Crippen LogP contribution in [0.3, 0.4) is 0 Å². The Bertz CT molecular complexity index is 864. The van der Waals surface area contributed by atoms with Crippen molar-refractivity contribution < 1.29 is 4.92 Å². The van der Waals surface area contributed by atoms with Crippen LogP contribution in [-0.4, -0.2) is 14.9 Å². The van der Waals surface area contributed by atoms with Gasteiger partial charge in [0.2, 0.25) is 0 Å². The van der Waals surface area contributed by atoms with E-state index in [0.29, 0.717) is 0 Å². The third-order valence-electron chi connectivity index (χ3n) is 2.46. The summed E-state index contributed by atoms with van der Waals surface area (Å²) in [4.78, 5) is 37.8. The first-order chi connectivity index (χ1) is 8.99. The molecule has 0 amide bonds. The van der Waals surface area contributed by atoms with Crippen molar-refractivity contribution in [3.63, 3.8) is 0 Å². The monoisotopic (exact) mass is 259 g/mol. The average Bonchev–Trinajstić information content (AvgIpc) is 2.36. The zero-order chi connectivity index (χ0) is 14.0. The second kappa shape index (κ2) is 4.73. The molecule has 0 spiro atoms. The van der Waals surface area contributed by atoms with E-state index in [1.165, 1.54) is 24.3 Å². The van der Waals surface area contributed by atoms with Gasteiger partial charge in [-0.05, 0) is 12.1 Å². The number of nitrogens with zero attached hydrogens (tertiary/aromatic N) is 1. The summed E-state index contributed by atoms with van der Waals surface area (Å²) in [5.74, 6) is 0. The third-order valence-corrected chi connectivity index (χ3v) is 2.46. The Morgan fingerprint density at radius 3 is 2.53 bits per heavy atom. The van der Waals surface area contributed by atoms with Crippen LogP contribution in [0, 0.1) is 10.1 Å². The van der Waals surface area contributed by atoms with Crippen molar-refractivity contribution >= 4 is 18.3 Å². The van der Waals surface area contributed by atoms with Crippen LogP contribution in [0.1, 0.15) is 5.56 Å². The fourth-order valence-electron chi connectivity index (χ4n) is 1.55. The first kappa shape index (κ1) is 12.5. The van der Waals surface area contributed by atoms with Gasteiger partial charge in [-0.25, -0.2) is 0 Å². The normalized spacial score (nSPS) is 11.5. The van der Waals surface area contributed by atoms with Crippen LogP contribution in [0.5, 0.6) is 0 Å². The van der Waals surface area contributed by atoms with Crippen LogP contribution in [0.4, 0.5) is 5.69 Å². The summed E-state index contributed by atoms with van der Waals surface area (Å²) in [6.07, 6.45) is 1.25. The highest BCUT2D eigenvalue weighted by Crippen LogP contribution is 2.17. The number of aromatic amines is 2. The Labute approximate surface area is 105 Å². The van der Waals surface area contributed by atoms with Crippen molar-refractivity contribution in [1.82, 2.24) is 9.97 Å². The third kappa shape index (κ3) is 2.49. The van der Waals surface area contributed by atoms with Gasteiger partial charge in [0.25, 0.3) is 16.8 Å². The number of aromatic nitrogens is 2. The van der Waals surface area contributed by atoms with E-state index < -0.39 is 16.0 Å². The van der Waals surface area contributed by atoms with E-state index >= 15 is 0 Å². The zero-order valence-electron chi connectivity index (χ0n) is 9.67. The maximum absolute atomic E-state index is 11.6. The van der Waals surface area contributed by atoms with Crippen LogP contribution < -0.4 is 21.8 Å². The number of nitro groups is 1. The molecule has 7 nitrogen and oxygen atoms in total. The lowest BCUT2D eigenvalue weighted by Gasteiger charge is -1.96. The summed E-state index contributed by atoms with van der Waals surface area (Å²) in [5, 5.41) is 10.7. The largest absolute Gasteiger partial charge is 0.317 e. The molecule has 0 unspecified atom stereocenters. The molecule has 0 radical (unpaired) electrons. The lowest BCUT2D eigenvalue weighted by atomic mass is 10.1. The van der Waals surface area contributed by atoms with E-state index in [0.717, 1.165) is 0 Å². The predicted molar refractivity (Wildman–Crippen MR) is 69.1 cm³/mol. The number of hydrogen-bond acceptors (Lipinski definition) is 4. The van der Waals surface area contributed by atoms with Crippen LogP contribution in [0.15, 0.2) is 33.9 Å². The van der Waals surface area contributed by atoms with Gasteiger partial charge in [0.05, 0.1) is 15.8 Å². The number of nitrogens with one attached hydrogen (secondary N) is 2. The molecular weight excluding hydrogens is 250 g/mol. The van der Waals surface area contributed by atoms with Gasteiger partial charge >= 0.3 is 0 Å². The van der Waals surface area contributed by atoms with E-state index in [-0.39, 0.29) is 21.9 Å². The summed E-state index contributed by atoms with van der Waals surface area (Å²) < 4.78 is 0. The summed E-state index contributed by atoms with van der Waals surface area (Å²) in [6.45, 7) is 3.35. The van der Waals surface area contributed by atoms with Gasteiger partial charge in [0, 0.05) is 6.07 Å².